The Bertz CT molecular complexity index is 1140. The Hall–Kier alpha value is -2.47. The normalized spacial score (nSPS) is 17.7. The Morgan fingerprint density at radius 2 is 1.96 bits per heavy atom. The fraction of sp³-hybridized carbons (Fsp3) is 0.286. The number of hydrogen-bond acceptors (Lipinski definition) is 4. The lowest BCUT2D eigenvalue weighted by atomic mass is 9.99. The highest BCUT2D eigenvalue weighted by molar-refractivity contribution is 9.10. The van der Waals surface area contributed by atoms with Crippen LogP contribution in [0, 0.1) is 5.92 Å². The zero-order chi connectivity index (χ0) is 18.4. The molecule has 1 fully saturated rings. The van der Waals surface area contributed by atoms with Crippen LogP contribution in [0.5, 0.6) is 0 Å². The minimum Gasteiger partial charge on any atom is -0.369 e. The lowest BCUT2D eigenvalue weighted by molar-refractivity contribution is 0.447. The molecule has 0 saturated carbocycles. The van der Waals surface area contributed by atoms with Gasteiger partial charge in [0.15, 0.2) is 11.5 Å². The summed E-state index contributed by atoms with van der Waals surface area (Å²) in [5.41, 5.74) is 3.87. The Morgan fingerprint density at radius 1 is 1.07 bits per heavy atom. The molecule has 0 amide bonds. The van der Waals surface area contributed by atoms with E-state index >= 15 is 0 Å². The molecule has 1 unspecified atom stereocenters. The van der Waals surface area contributed by atoms with Crippen LogP contribution in [0.25, 0.3) is 28.1 Å². The van der Waals surface area contributed by atoms with E-state index in [1.165, 1.54) is 18.5 Å². The van der Waals surface area contributed by atoms with Gasteiger partial charge < -0.3 is 4.90 Å². The van der Waals surface area contributed by atoms with Gasteiger partial charge in [0.2, 0.25) is 0 Å². The molecule has 4 heterocycles. The number of anilines is 1. The molecule has 0 radical (unpaired) electrons. The number of nitrogens with zero attached hydrogens (tertiary/aromatic N) is 5. The molecule has 3 aromatic heterocycles. The maximum absolute atomic E-state index is 5.03. The van der Waals surface area contributed by atoms with E-state index in [9.17, 15) is 0 Å². The maximum atomic E-state index is 5.03. The summed E-state index contributed by atoms with van der Waals surface area (Å²) < 4.78 is 3.08. The summed E-state index contributed by atoms with van der Waals surface area (Å²) in [6.07, 6.45) is 4.49. The van der Waals surface area contributed by atoms with E-state index in [1.54, 1.807) is 0 Å². The summed E-state index contributed by atoms with van der Waals surface area (Å²) in [6, 6.07) is 14.3. The minimum absolute atomic E-state index is 0.699. The number of benzene rings is 1. The van der Waals surface area contributed by atoms with Crippen LogP contribution in [0.1, 0.15) is 19.8 Å². The van der Waals surface area contributed by atoms with E-state index in [4.69, 9.17) is 4.98 Å². The number of hydrogen-bond donors (Lipinski definition) is 0. The molecule has 0 spiro atoms. The summed E-state index contributed by atoms with van der Waals surface area (Å²) in [7, 11) is 0. The highest BCUT2D eigenvalue weighted by Crippen LogP contribution is 2.36. The van der Waals surface area contributed by atoms with E-state index in [2.05, 4.69) is 56.2 Å². The molecule has 1 atom stereocenters. The largest absolute Gasteiger partial charge is 0.369 e. The van der Waals surface area contributed by atoms with Gasteiger partial charge in [0.1, 0.15) is 5.69 Å². The second-order valence-corrected chi connectivity index (χ2v) is 8.16. The summed E-state index contributed by atoms with van der Waals surface area (Å²) in [6.45, 7) is 4.46. The van der Waals surface area contributed by atoms with Crippen LogP contribution < -0.4 is 4.90 Å². The molecule has 6 heteroatoms. The Labute approximate surface area is 166 Å². The number of fused-ring (bicyclic) bond motifs is 2. The van der Waals surface area contributed by atoms with Gasteiger partial charge in [-0.25, -0.2) is 4.98 Å². The average molecular weight is 422 g/mol. The monoisotopic (exact) mass is 421 g/mol. The molecular weight excluding hydrogens is 402 g/mol. The molecular formula is C21H20BrN5. The number of rotatable bonds is 2. The van der Waals surface area contributed by atoms with Crippen LogP contribution in [0.15, 0.2) is 53.1 Å². The lowest BCUT2D eigenvalue weighted by Crippen LogP contribution is -2.34. The van der Waals surface area contributed by atoms with Crippen molar-refractivity contribution in [2.75, 3.05) is 18.0 Å². The van der Waals surface area contributed by atoms with Crippen LogP contribution in [-0.4, -0.2) is 32.7 Å². The van der Waals surface area contributed by atoms with Gasteiger partial charge in [-0.2, -0.15) is 0 Å². The van der Waals surface area contributed by atoms with Gasteiger partial charge in [0.25, 0.3) is 0 Å². The molecule has 136 valence electrons. The minimum atomic E-state index is 0.699. The van der Waals surface area contributed by atoms with Gasteiger partial charge in [-0.15, -0.1) is 10.2 Å². The number of halogens is 1. The van der Waals surface area contributed by atoms with E-state index in [-0.39, 0.29) is 0 Å². The van der Waals surface area contributed by atoms with Crippen molar-refractivity contribution < 1.29 is 0 Å². The Kier molecular flexibility index (Phi) is 4.08. The quantitative estimate of drug-likeness (QED) is 0.459. The van der Waals surface area contributed by atoms with Crippen molar-refractivity contribution in [2.24, 2.45) is 5.92 Å². The number of aromatic nitrogens is 4. The summed E-state index contributed by atoms with van der Waals surface area (Å²) in [4.78, 5) is 7.51. The van der Waals surface area contributed by atoms with Gasteiger partial charge in [-0.1, -0.05) is 25.1 Å². The highest BCUT2D eigenvalue weighted by Gasteiger charge is 2.22. The summed E-state index contributed by atoms with van der Waals surface area (Å²) >= 11 is 3.77. The van der Waals surface area contributed by atoms with Crippen molar-refractivity contribution in [3.05, 3.63) is 53.1 Å². The molecule has 0 bridgehead atoms. The smallest absolute Gasteiger partial charge is 0.187 e. The summed E-state index contributed by atoms with van der Waals surface area (Å²) in [5.74, 6) is 1.47. The molecule has 1 aliphatic heterocycles. The first-order chi connectivity index (χ1) is 13.2. The third-order valence-corrected chi connectivity index (χ3v) is 5.94. The van der Waals surface area contributed by atoms with Gasteiger partial charge in [0.05, 0.1) is 11.2 Å². The Morgan fingerprint density at radius 3 is 2.85 bits per heavy atom. The fourth-order valence-corrected chi connectivity index (χ4v) is 4.55. The first-order valence-corrected chi connectivity index (χ1v) is 10.1. The third kappa shape index (κ3) is 2.88. The van der Waals surface area contributed by atoms with Gasteiger partial charge in [-0.05, 0) is 59.0 Å². The third-order valence-electron chi connectivity index (χ3n) is 5.30. The van der Waals surface area contributed by atoms with E-state index in [0.717, 1.165) is 45.6 Å². The molecule has 0 aliphatic carbocycles. The molecule has 1 aliphatic rings. The standard InChI is InChI=1S/C21H20BrN5/c1-14-5-4-11-26(13-14)20-16(22)9-7-15-8-10-17(23-19(15)20)21-25-24-18-6-2-3-12-27(18)21/h2-3,6-10,12,14H,4-5,11,13H2,1H3. The van der Waals surface area contributed by atoms with Crippen molar-refractivity contribution in [3.8, 4) is 11.5 Å². The van der Waals surface area contributed by atoms with Crippen LogP contribution in [0.4, 0.5) is 5.69 Å². The maximum Gasteiger partial charge on any atom is 0.187 e. The van der Waals surface area contributed by atoms with Crippen LogP contribution in [0.3, 0.4) is 0 Å². The van der Waals surface area contributed by atoms with Crippen molar-refractivity contribution in [1.29, 1.82) is 0 Å². The van der Waals surface area contributed by atoms with Gasteiger partial charge >= 0.3 is 0 Å². The fourth-order valence-electron chi connectivity index (χ4n) is 3.98. The van der Waals surface area contributed by atoms with Crippen molar-refractivity contribution in [1.82, 2.24) is 19.6 Å². The lowest BCUT2D eigenvalue weighted by Gasteiger charge is -2.34. The Balaban J connectivity index is 1.69. The highest BCUT2D eigenvalue weighted by atomic mass is 79.9. The molecule has 0 N–H and O–H groups in total. The molecule has 4 aromatic rings. The van der Waals surface area contributed by atoms with Gasteiger partial charge in [-0.3, -0.25) is 4.40 Å². The average Bonchev–Trinajstić information content (AvgIpc) is 3.11. The molecule has 1 saturated heterocycles. The summed E-state index contributed by atoms with van der Waals surface area (Å²) in [5, 5.41) is 9.78. The van der Waals surface area contributed by atoms with Crippen LogP contribution in [0.2, 0.25) is 0 Å². The van der Waals surface area contributed by atoms with E-state index in [1.807, 2.05) is 34.9 Å². The molecule has 5 rings (SSSR count). The zero-order valence-electron chi connectivity index (χ0n) is 15.1. The SMILES string of the molecule is CC1CCCN(c2c(Br)ccc3ccc(-c4nnc5ccccn45)nc23)C1. The van der Waals surface area contributed by atoms with Crippen LogP contribution >= 0.6 is 15.9 Å². The predicted molar refractivity (Wildman–Crippen MR) is 112 cm³/mol. The predicted octanol–water partition coefficient (Wildman–Crippen LogP) is 4.94. The second kappa shape index (κ2) is 6.60. The number of piperidine rings is 1. The molecule has 27 heavy (non-hydrogen) atoms. The molecule has 5 nitrogen and oxygen atoms in total. The van der Waals surface area contributed by atoms with Crippen molar-refractivity contribution in [2.45, 2.75) is 19.8 Å². The van der Waals surface area contributed by atoms with Gasteiger partial charge in [0, 0.05) is 29.1 Å². The molecule has 1 aromatic carbocycles. The van der Waals surface area contributed by atoms with E-state index < -0.39 is 0 Å². The topological polar surface area (TPSA) is 46.3 Å². The van der Waals surface area contributed by atoms with Crippen LogP contribution in [-0.2, 0) is 0 Å². The van der Waals surface area contributed by atoms with Crippen molar-refractivity contribution >= 4 is 38.2 Å². The number of pyridine rings is 2. The second-order valence-electron chi connectivity index (χ2n) is 7.31. The first-order valence-electron chi connectivity index (χ1n) is 9.35. The zero-order valence-corrected chi connectivity index (χ0v) is 16.7. The van der Waals surface area contributed by atoms with Crippen molar-refractivity contribution in [3.63, 3.8) is 0 Å². The first kappa shape index (κ1) is 16.7. The van der Waals surface area contributed by atoms with E-state index in [0.29, 0.717) is 5.92 Å².